The highest BCUT2D eigenvalue weighted by Gasteiger charge is 2.18. The predicted molar refractivity (Wildman–Crippen MR) is 110 cm³/mol. The third-order valence-corrected chi connectivity index (χ3v) is 5.90. The summed E-state index contributed by atoms with van der Waals surface area (Å²) in [6, 6.07) is 10.4. The maximum absolute atomic E-state index is 12.3. The van der Waals surface area contributed by atoms with E-state index >= 15 is 0 Å². The Morgan fingerprint density at radius 1 is 1.30 bits per heavy atom. The van der Waals surface area contributed by atoms with Crippen LogP contribution in [0.5, 0.6) is 0 Å². The van der Waals surface area contributed by atoms with Crippen molar-refractivity contribution < 1.29 is 4.79 Å². The van der Waals surface area contributed by atoms with Gasteiger partial charge in [-0.1, -0.05) is 43.9 Å². The minimum Gasteiger partial charge on any atom is -0.339 e. The van der Waals surface area contributed by atoms with E-state index in [4.69, 9.17) is 0 Å². The summed E-state index contributed by atoms with van der Waals surface area (Å²) < 4.78 is 2.30. The van der Waals surface area contributed by atoms with Crippen molar-refractivity contribution in [2.45, 2.75) is 58.9 Å². The molecule has 2 N–H and O–H groups in total. The summed E-state index contributed by atoms with van der Waals surface area (Å²) in [4.78, 5) is 12.3. The molecular weight excluding hydrogens is 336 g/mol. The molecule has 1 aromatic carbocycles. The van der Waals surface area contributed by atoms with Crippen molar-refractivity contribution in [1.82, 2.24) is 14.8 Å². The summed E-state index contributed by atoms with van der Waals surface area (Å²) in [5.74, 6) is 1.40. The van der Waals surface area contributed by atoms with Crippen molar-refractivity contribution in [3.63, 3.8) is 0 Å². The number of carbonyl (C=O) groups excluding carboxylic acids is 1. The molecule has 1 amide bonds. The molecule has 1 fully saturated rings. The molecule has 0 spiro atoms. The number of fused-ring (bicyclic) bond motifs is 1. The maximum atomic E-state index is 12.3. The number of aromatic amines is 1. The van der Waals surface area contributed by atoms with Crippen molar-refractivity contribution in [2.75, 3.05) is 5.32 Å². The molecule has 2 aromatic heterocycles. The van der Waals surface area contributed by atoms with E-state index in [0.29, 0.717) is 12.2 Å². The van der Waals surface area contributed by atoms with Crippen LogP contribution in [0.1, 0.15) is 51.0 Å². The van der Waals surface area contributed by atoms with E-state index < -0.39 is 0 Å². The molecule has 1 saturated carbocycles. The Morgan fingerprint density at radius 2 is 2.07 bits per heavy atom. The van der Waals surface area contributed by atoms with Gasteiger partial charge in [0.15, 0.2) is 5.82 Å². The Hall–Kier alpha value is -2.56. The number of carbonyl (C=O) groups is 1. The average Bonchev–Trinajstić information content (AvgIpc) is 3.40. The van der Waals surface area contributed by atoms with Crippen LogP contribution in [-0.4, -0.2) is 20.7 Å². The van der Waals surface area contributed by atoms with E-state index in [1.54, 1.807) is 0 Å². The van der Waals surface area contributed by atoms with E-state index in [1.807, 2.05) is 6.07 Å². The number of para-hydroxylation sites is 1. The number of amides is 1. The smallest absolute Gasteiger partial charge is 0.225 e. The van der Waals surface area contributed by atoms with E-state index in [-0.39, 0.29) is 5.91 Å². The van der Waals surface area contributed by atoms with Crippen LogP contribution in [0.15, 0.2) is 30.3 Å². The lowest BCUT2D eigenvalue weighted by atomic mass is 10.0. The first-order valence-corrected chi connectivity index (χ1v) is 10.1. The number of anilines is 1. The summed E-state index contributed by atoms with van der Waals surface area (Å²) in [7, 11) is 0. The van der Waals surface area contributed by atoms with E-state index in [2.05, 4.69) is 58.2 Å². The highest BCUT2D eigenvalue weighted by Crippen LogP contribution is 2.33. The van der Waals surface area contributed by atoms with Gasteiger partial charge in [-0.05, 0) is 37.8 Å². The molecule has 0 bridgehead atoms. The van der Waals surface area contributed by atoms with Crippen LogP contribution in [0.2, 0.25) is 0 Å². The average molecular weight is 364 g/mol. The minimum atomic E-state index is 0.0627. The van der Waals surface area contributed by atoms with Gasteiger partial charge < -0.3 is 9.88 Å². The van der Waals surface area contributed by atoms with Crippen molar-refractivity contribution in [1.29, 1.82) is 0 Å². The Morgan fingerprint density at radius 3 is 2.85 bits per heavy atom. The third kappa shape index (κ3) is 3.51. The van der Waals surface area contributed by atoms with Gasteiger partial charge in [0.25, 0.3) is 0 Å². The Balaban J connectivity index is 1.51. The third-order valence-electron chi connectivity index (χ3n) is 5.90. The molecule has 0 aliphatic heterocycles. The first-order chi connectivity index (χ1) is 13.2. The number of rotatable bonds is 6. The van der Waals surface area contributed by atoms with Gasteiger partial charge in [-0.2, -0.15) is 5.10 Å². The zero-order valence-electron chi connectivity index (χ0n) is 16.2. The fourth-order valence-corrected chi connectivity index (χ4v) is 4.50. The van der Waals surface area contributed by atoms with Crippen molar-refractivity contribution in [3.8, 4) is 11.4 Å². The summed E-state index contributed by atoms with van der Waals surface area (Å²) in [6.45, 7) is 5.17. The Bertz CT molecular complexity index is 947. The van der Waals surface area contributed by atoms with Gasteiger partial charge in [-0.15, -0.1) is 0 Å². The van der Waals surface area contributed by atoms with Crippen LogP contribution in [0.3, 0.4) is 0 Å². The highest BCUT2D eigenvalue weighted by molar-refractivity contribution is 5.93. The monoisotopic (exact) mass is 364 g/mol. The number of benzene rings is 1. The van der Waals surface area contributed by atoms with Gasteiger partial charge in [0.05, 0.1) is 11.4 Å². The second-order valence-corrected chi connectivity index (χ2v) is 7.64. The fraction of sp³-hybridized carbons (Fsp3) is 0.455. The summed E-state index contributed by atoms with van der Waals surface area (Å²) in [5.41, 5.74) is 4.54. The van der Waals surface area contributed by atoms with Gasteiger partial charge in [0, 0.05) is 29.9 Å². The second-order valence-electron chi connectivity index (χ2n) is 7.64. The SMILES string of the molecule is CCn1c(-c2cc(NC(=O)CCC3CCCC3)n[nH]2)c(C)c2ccccc21. The lowest BCUT2D eigenvalue weighted by Crippen LogP contribution is -2.12. The summed E-state index contributed by atoms with van der Waals surface area (Å²) >= 11 is 0. The quantitative estimate of drug-likeness (QED) is 0.626. The van der Waals surface area contributed by atoms with E-state index in [0.717, 1.165) is 30.3 Å². The molecule has 1 aliphatic carbocycles. The first kappa shape index (κ1) is 17.8. The molecule has 27 heavy (non-hydrogen) atoms. The molecule has 5 nitrogen and oxygen atoms in total. The number of hydrogen-bond acceptors (Lipinski definition) is 2. The molecular formula is C22H28N4O. The van der Waals surface area contributed by atoms with Crippen molar-refractivity contribution in [3.05, 3.63) is 35.9 Å². The topological polar surface area (TPSA) is 62.7 Å². The van der Waals surface area contributed by atoms with E-state index in [9.17, 15) is 4.79 Å². The largest absolute Gasteiger partial charge is 0.339 e. The number of nitrogens with zero attached hydrogens (tertiary/aromatic N) is 2. The normalized spacial score (nSPS) is 14.9. The van der Waals surface area contributed by atoms with Crippen LogP contribution in [0.4, 0.5) is 5.82 Å². The molecule has 0 saturated heterocycles. The van der Waals surface area contributed by atoms with Gasteiger partial charge in [-0.3, -0.25) is 9.89 Å². The zero-order valence-corrected chi connectivity index (χ0v) is 16.2. The van der Waals surface area contributed by atoms with Crippen LogP contribution in [0, 0.1) is 12.8 Å². The first-order valence-electron chi connectivity index (χ1n) is 10.1. The summed E-state index contributed by atoms with van der Waals surface area (Å²) in [5, 5.41) is 11.7. The van der Waals surface area contributed by atoms with Gasteiger partial charge in [-0.25, -0.2) is 0 Å². The Labute approximate surface area is 160 Å². The minimum absolute atomic E-state index is 0.0627. The molecule has 2 heterocycles. The maximum Gasteiger partial charge on any atom is 0.225 e. The van der Waals surface area contributed by atoms with Gasteiger partial charge >= 0.3 is 0 Å². The highest BCUT2D eigenvalue weighted by atomic mass is 16.1. The van der Waals surface area contributed by atoms with Gasteiger partial charge in [0.1, 0.15) is 0 Å². The van der Waals surface area contributed by atoms with Crippen molar-refractivity contribution >= 4 is 22.6 Å². The van der Waals surface area contributed by atoms with Crippen LogP contribution >= 0.6 is 0 Å². The number of aromatic nitrogens is 3. The number of aryl methyl sites for hydroxylation is 2. The standard InChI is InChI=1S/C22H28N4O/c1-3-26-19-11-7-6-10-17(19)15(2)22(26)18-14-20(25-24-18)23-21(27)13-12-16-8-4-5-9-16/h6-7,10-11,14,16H,3-5,8-9,12-13H2,1-2H3,(H2,23,24,25,27). The molecule has 1 aliphatic rings. The number of hydrogen-bond donors (Lipinski definition) is 2. The Kier molecular flexibility index (Phi) is 5.01. The molecule has 5 heteroatoms. The molecule has 3 aromatic rings. The molecule has 0 unspecified atom stereocenters. The van der Waals surface area contributed by atoms with Gasteiger partial charge in [0.2, 0.25) is 5.91 Å². The van der Waals surface area contributed by atoms with Crippen LogP contribution in [0.25, 0.3) is 22.3 Å². The molecule has 0 atom stereocenters. The lowest BCUT2D eigenvalue weighted by Gasteiger charge is -2.07. The lowest BCUT2D eigenvalue weighted by molar-refractivity contribution is -0.116. The fourth-order valence-electron chi connectivity index (χ4n) is 4.50. The zero-order chi connectivity index (χ0) is 18.8. The molecule has 4 rings (SSSR count). The van der Waals surface area contributed by atoms with Crippen LogP contribution in [-0.2, 0) is 11.3 Å². The van der Waals surface area contributed by atoms with Crippen LogP contribution < -0.4 is 5.32 Å². The predicted octanol–water partition coefficient (Wildman–Crippen LogP) is 5.27. The summed E-state index contributed by atoms with van der Waals surface area (Å²) in [6.07, 6.45) is 6.77. The molecule has 142 valence electrons. The molecule has 0 radical (unpaired) electrons. The second kappa shape index (κ2) is 7.59. The number of H-pyrrole nitrogens is 1. The van der Waals surface area contributed by atoms with Crippen molar-refractivity contribution in [2.24, 2.45) is 5.92 Å². The van der Waals surface area contributed by atoms with E-state index in [1.165, 1.54) is 42.1 Å². The number of nitrogens with one attached hydrogen (secondary N) is 2.